The predicted molar refractivity (Wildman–Crippen MR) is 94.4 cm³/mol. The number of hydrogen-bond donors (Lipinski definition) is 3. The van der Waals surface area contributed by atoms with Gasteiger partial charge in [0.05, 0.1) is 12.0 Å². The van der Waals surface area contributed by atoms with Crippen LogP contribution in [0.1, 0.15) is 50.0 Å². The maximum absolute atomic E-state index is 12.3. The summed E-state index contributed by atoms with van der Waals surface area (Å²) in [4.78, 5) is 23.2. The van der Waals surface area contributed by atoms with Gasteiger partial charge in [-0.2, -0.15) is 0 Å². The number of aliphatic carboxylic acids is 1. The largest absolute Gasteiger partial charge is 0.481 e. The molecule has 0 radical (unpaired) electrons. The molecule has 0 aliphatic heterocycles. The number of carboxylic acids is 1. The minimum absolute atomic E-state index is 0.0274. The van der Waals surface area contributed by atoms with Crippen molar-refractivity contribution in [3.05, 3.63) is 35.6 Å². The number of aryl methyl sites for hydroxylation is 1. The minimum Gasteiger partial charge on any atom is -0.481 e. The zero-order valence-electron chi connectivity index (χ0n) is 14.5. The molecule has 0 bridgehead atoms. The Hall–Kier alpha value is -2.50. The minimum atomic E-state index is -0.739. The van der Waals surface area contributed by atoms with Crippen LogP contribution in [-0.2, 0) is 4.79 Å². The lowest BCUT2D eigenvalue weighted by Gasteiger charge is -2.27. The number of benzene rings is 1. The molecular formula is C19H24N2O4. The number of amides is 2. The van der Waals surface area contributed by atoms with Crippen LogP contribution in [0.5, 0.6) is 0 Å². The van der Waals surface area contributed by atoms with Crippen LogP contribution in [0.25, 0.3) is 11.0 Å². The van der Waals surface area contributed by atoms with E-state index in [0.717, 1.165) is 22.3 Å². The lowest BCUT2D eigenvalue weighted by atomic mass is 9.86. The van der Waals surface area contributed by atoms with E-state index in [1.165, 1.54) is 0 Å². The van der Waals surface area contributed by atoms with Crippen molar-refractivity contribution in [3.63, 3.8) is 0 Å². The summed E-state index contributed by atoms with van der Waals surface area (Å²) in [5.41, 5.74) is 1.85. The molecule has 3 rings (SSSR count). The smallest absolute Gasteiger partial charge is 0.315 e. The Balaban J connectivity index is 1.57. The van der Waals surface area contributed by atoms with Gasteiger partial charge in [0.1, 0.15) is 11.3 Å². The molecular weight excluding hydrogens is 320 g/mol. The Kier molecular flexibility index (Phi) is 4.97. The first-order valence-electron chi connectivity index (χ1n) is 8.73. The van der Waals surface area contributed by atoms with Crippen LogP contribution in [0.4, 0.5) is 4.79 Å². The Labute approximate surface area is 146 Å². The quantitative estimate of drug-likeness (QED) is 0.788. The van der Waals surface area contributed by atoms with Crippen molar-refractivity contribution in [2.24, 2.45) is 5.92 Å². The van der Waals surface area contributed by atoms with E-state index < -0.39 is 5.97 Å². The maximum atomic E-state index is 12.3. The van der Waals surface area contributed by atoms with Crippen molar-refractivity contribution < 1.29 is 19.1 Å². The van der Waals surface area contributed by atoms with Gasteiger partial charge in [-0.25, -0.2) is 4.79 Å². The summed E-state index contributed by atoms with van der Waals surface area (Å²) >= 11 is 0. The molecule has 1 aromatic heterocycles. The molecule has 6 nitrogen and oxygen atoms in total. The highest BCUT2D eigenvalue weighted by Gasteiger charge is 2.27. The zero-order chi connectivity index (χ0) is 18.0. The number of carbonyl (C=O) groups is 2. The zero-order valence-corrected chi connectivity index (χ0v) is 14.5. The first-order chi connectivity index (χ1) is 12.0. The second-order valence-corrected chi connectivity index (χ2v) is 6.81. The van der Waals surface area contributed by atoms with Crippen molar-refractivity contribution >= 4 is 23.0 Å². The Morgan fingerprint density at radius 2 is 1.88 bits per heavy atom. The lowest BCUT2D eigenvalue weighted by molar-refractivity contribution is -0.142. The number of urea groups is 1. The second kappa shape index (κ2) is 7.17. The number of carboxylic acid groups (broad SMARTS) is 1. The van der Waals surface area contributed by atoms with E-state index in [0.29, 0.717) is 25.7 Å². The summed E-state index contributed by atoms with van der Waals surface area (Å²) in [7, 11) is 0. The van der Waals surface area contributed by atoms with E-state index in [1.54, 1.807) is 0 Å². The fraction of sp³-hybridized carbons (Fsp3) is 0.474. The first kappa shape index (κ1) is 17.3. The Morgan fingerprint density at radius 3 is 2.52 bits per heavy atom. The summed E-state index contributed by atoms with van der Waals surface area (Å²) in [5, 5.41) is 15.9. The van der Waals surface area contributed by atoms with Crippen molar-refractivity contribution in [2.75, 3.05) is 0 Å². The van der Waals surface area contributed by atoms with E-state index in [-0.39, 0.29) is 24.0 Å². The molecule has 0 spiro atoms. The van der Waals surface area contributed by atoms with Crippen LogP contribution in [-0.4, -0.2) is 23.1 Å². The van der Waals surface area contributed by atoms with Crippen LogP contribution in [0, 0.1) is 12.8 Å². The lowest BCUT2D eigenvalue weighted by Crippen LogP contribution is -2.44. The highest BCUT2D eigenvalue weighted by molar-refractivity contribution is 5.82. The molecule has 25 heavy (non-hydrogen) atoms. The van der Waals surface area contributed by atoms with Gasteiger partial charge in [-0.3, -0.25) is 4.79 Å². The maximum Gasteiger partial charge on any atom is 0.315 e. The Morgan fingerprint density at radius 1 is 1.20 bits per heavy atom. The van der Waals surface area contributed by atoms with Gasteiger partial charge in [0.25, 0.3) is 0 Å². The summed E-state index contributed by atoms with van der Waals surface area (Å²) in [6.07, 6.45) is 2.61. The number of fused-ring (bicyclic) bond motifs is 1. The molecule has 1 aromatic carbocycles. The molecule has 2 amide bonds. The molecule has 3 N–H and O–H groups in total. The highest BCUT2D eigenvalue weighted by Crippen LogP contribution is 2.29. The molecule has 2 aromatic rings. The van der Waals surface area contributed by atoms with Crippen molar-refractivity contribution in [1.82, 2.24) is 10.6 Å². The van der Waals surface area contributed by atoms with Crippen LogP contribution >= 0.6 is 0 Å². The molecule has 1 aliphatic carbocycles. The molecule has 1 aliphatic rings. The van der Waals surface area contributed by atoms with Crippen LogP contribution in [0.15, 0.2) is 28.7 Å². The van der Waals surface area contributed by atoms with E-state index in [4.69, 9.17) is 9.52 Å². The normalized spacial score (nSPS) is 21.7. The molecule has 134 valence electrons. The average molecular weight is 344 g/mol. The molecule has 0 unspecified atom stereocenters. The predicted octanol–water partition coefficient (Wildman–Crippen LogP) is 3.74. The molecule has 1 saturated carbocycles. The number of hydrogen-bond acceptors (Lipinski definition) is 3. The number of furan rings is 1. The third-order valence-electron chi connectivity index (χ3n) is 5.03. The summed E-state index contributed by atoms with van der Waals surface area (Å²) in [5.74, 6) is -0.263. The van der Waals surface area contributed by atoms with Gasteiger partial charge >= 0.3 is 12.0 Å². The molecule has 0 saturated heterocycles. The third kappa shape index (κ3) is 3.78. The standard InChI is InChI=1S/C19H24N2O4/c1-11-15-5-3-4-6-16(15)25-17(11)12(2)20-19(24)21-14-9-7-13(8-10-14)18(22)23/h3-6,12-14H,7-10H2,1-2H3,(H,22,23)(H2,20,21,24)/t12-,13?,14?/m0/s1. The molecule has 1 heterocycles. The first-order valence-corrected chi connectivity index (χ1v) is 8.73. The number of carbonyl (C=O) groups excluding carboxylic acids is 1. The van der Waals surface area contributed by atoms with Crippen LogP contribution < -0.4 is 10.6 Å². The van der Waals surface area contributed by atoms with Crippen molar-refractivity contribution in [1.29, 1.82) is 0 Å². The average Bonchev–Trinajstić information content (AvgIpc) is 2.92. The SMILES string of the molecule is Cc1c([C@H](C)NC(=O)NC2CCC(C(=O)O)CC2)oc2ccccc12. The van der Waals surface area contributed by atoms with Gasteiger partial charge in [0.2, 0.25) is 0 Å². The Bertz CT molecular complexity index is 775. The molecule has 1 fully saturated rings. The fourth-order valence-electron chi connectivity index (χ4n) is 3.58. The second-order valence-electron chi connectivity index (χ2n) is 6.81. The number of rotatable bonds is 4. The van der Waals surface area contributed by atoms with Gasteiger partial charge in [-0.1, -0.05) is 18.2 Å². The van der Waals surface area contributed by atoms with Gasteiger partial charge in [-0.15, -0.1) is 0 Å². The van der Waals surface area contributed by atoms with Gasteiger partial charge in [-0.05, 0) is 45.6 Å². The van der Waals surface area contributed by atoms with Gasteiger partial charge in [0.15, 0.2) is 0 Å². The summed E-state index contributed by atoms with van der Waals surface area (Å²) in [6, 6.07) is 7.35. The molecule has 1 atom stereocenters. The van der Waals surface area contributed by atoms with Gasteiger partial charge in [0, 0.05) is 17.0 Å². The third-order valence-corrected chi connectivity index (χ3v) is 5.03. The van der Waals surface area contributed by atoms with Crippen LogP contribution in [0.2, 0.25) is 0 Å². The summed E-state index contributed by atoms with van der Waals surface area (Å²) in [6.45, 7) is 3.88. The van der Waals surface area contributed by atoms with E-state index in [9.17, 15) is 9.59 Å². The fourth-order valence-corrected chi connectivity index (χ4v) is 3.58. The number of nitrogens with one attached hydrogen (secondary N) is 2. The topological polar surface area (TPSA) is 91.6 Å². The van der Waals surface area contributed by atoms with Crippen molar-refractivity contribution in [2.45, 2.75) is 51.6 Å². The summed E-state index contributed by atoms with van der Waals surface area (Å²) < 4.78 is 5.88. The van der Waals surface area contributed by atoms with Crippen LogP contribution in [0.3, 0.4) is 0 Å². The van der Waals surface area contributed by atoms with E-state index in [1.807, 2.05) is 38.1 Å². The number of para-hydroxylation sites is 1. The van der Waals surface area contributed by atoms with Crippen molar-refractivity contribution in [3.8, 4) is 0 Å². The monoisotopic (exact) mass is 344 g/mol. The van der Waals surface area contributed by atoms with E-state index in [2.05, 4.69) is 10.6 Å². The van der Waals surface area contributed by atoms with E-state index >= 15 is 0 Å². The van der Waals surface area contributed by atoms with Gasteiger partial charge < -0.3 is 20.2 Å². The highest BCUT2D eigenvalue weighted by atomic mass is 16.4. The molecule has 6 heteroatoms.